The number of phenols is 1. The fourth-order valence-electron chi connectivity index (χ4n) is 1.79. The van der Waals surface area contributed by atoms with Gasteiger partial charge in [0.2, 0.25) is 0 Å². The zero-order valence-corrected chi connectivity index (χ0v) is 9.86. The van der Waals surface area contributed by atoms with Gasteiger partial charge < -0.3 is 15.5 Å². The van der Waals surface area contributed by atoms with Crippen molar-refractivity contribution in [2.24, 2.45) is 0 Å². The molecule has 1 aromatic carbocycles. The average molecular weight is 229 g/mol. The number of nitrogens with one attached hydrogen (secondary N) is 1. The van der Waals surface area contributed by atoms with Crippen molar-refractivity contribution in [2.45, 2.75) is 13.8 Å². The first-order valence-corrected chi connectivity index (χ1v) is 5.43. The van der Waals surface area contributed by atoms with Crippen LogP contribution in [0.2, 0.25) is 0 Å². The van der Waals surface area contributed by atoms with Crippen molar-refractivity contribution in [1.82, 2.24) is 0 Å². The maximum absolute atomic E-state index is 9.88. The van der Waals surface area contributed by atoms with Gasteiger partial charge in [0.25, 0.3) is 0 Å². The molecule has 3 N–H and O–H groups in total. The van der Waals surface area contributed by atoms with Crippen LogP contribution in [-0.2, 0) is 0 Å². The van der Waals surface area contributed by atoms with Gasteiger partial charge in [0.05, 0.1) is 5.69 Å². The molecule has 2 rings (SSSR count). The smallest absolute Gasteiger partial charge is 0.196 e. The van der Waals surface area contributed by atoms with Crippen molar-refractivity contribution in [3.05, 3.63) is 59.0 Å². The second-order valence-electron chi connectivity index (χ2n) is 4.13. The minimum Gasteiger partial charge on any atom is -0.505 e. The predicted octanol–water partition coefficient (Wildman–Crippen LogP) is 3.32. The van der Waals surface area contributed by atoms with Crippen LogP contribution < -0.4 is 5.32 Å². The van der Waals surface area contributed by atoms with Crippen LogP contribution in [0, 0.1) is 13.8 Å². The van der Waals surface area contributed by atoms with Crippen LogP contribution in [0.1, 0.15) is 11.1 Å². The van der Waals surface area contributed by atoms with Crippen LogP contribution in [0.25, 0.3) is 0 Å². The number of allylic oxidation sites excluding steroid dienone is 5. The lowest BCUT2D eigenvalue weighted by Crippen LogP contribution is -2.02. The Hall–Kier alpha value is -2.16. The third-order valence-electron chi connectivity index (χ3n) is 2.63. The third kappa shape index (κ3) is 2.33. The molecule has 0 saturated heterocycles. The highest BCUT2D eigenvalue weighted by molar-refractivity contribution is 5.64. The van der Waals surface area contributed by atoms with Gasteiger partial charge >= 0.3 is 0 Å². The van der Waals surface area contributed by atoms with Gasteiger partial charge in [0.15, 0.2) is 5.88 Å². The van der Waals surface area contributed by atoms with Crippen molar-refractivity contribution >= 4 is 5.69 Å². The summed E-state index contributed by atoms with van der Waals surface area (Å²) >= 11 is 0. The van der Waals surface area contributed by atoms with Crippen LogP contribution in [0.4, 0.5) is 5.69 Å². The van der Waals surface area contributed by atoms with Gasteiger partial charge in [-0.05, 0) is 43.2 Å². The first kappa shape index (κ1) is 11.3. The molecule has 0 aromatic heterocycles. The molecule has 0 saturated carbocycles. The molecule has 1 aromatic rings. The zero-order chi connectivity index (χ0) is 12.4. The molecule has 3 heteroatoms. The van der Waals surface area contributed by atoms with E-state index in [0.29, 0.717) is 11.3 Å². The number of aliphatic hydroxyl groups excluding tert-OH is 1. The Bertz CT molecular complexity index is 525. The largest absolute Gasteiger partial charge is 0.505 e. The number of anilines is 1. The predicted molar refractivity (Wildman–Crippen MR) is 69.1 cm³/mol. The molecular formula is C14H15NO2. The van der Waals surface area contributed by atoms with Gasteiger partial charge in [-0.15, -0.1) is 0 Å². The Morgan fingerprint density at radius 2 is 1.76 bits per heavy atom. The quantitative estimate of drug-likeness (QED) is 0.538. The number of aliphatic hydroxyl groups is 1. The Balaban J connectivity index is 2.34. The van der Waals surface area contributed by atoms with Gasteiger partial charge in [-0.25, -0.2) is 0 Å². The van der Waals surface area contributed by atoms with Crippen LogP contribution in [0.5, 0.6) is 5.75 Å². The molecule has 17 heavy (non-hydrogen) atoms. The summed E-state index contributed by atoms with van der Waals surface area (Å²) in [5, 5.41) is 22.6. The minimum atomic E-state index is 0.0373. The van der Waals surface area contributed by atoms with Gasteiger partial charge in [-0.3, -0.25) is 0 Å². The Labute approximate surface area is 100 Å². The molecule has 0 atom stereocenters. The van der Waals surface area contributed by atoms with E-state index in [1.54, 1.807) is 18.2 Å². The molecule has 1 aliphatic carbocycles. The molecule has 0 heterocycles. The fourth-order valence-corrected chi connectivity index (χ4v) is 1.79. The maximum Gasteiger partial charge on any atom is 0.196 e. The molecule has 88 valence electrons. The van der Waals surface area contributed by atoms with Gasteiger partial charge in [0.1, 0.15) is 5.75 Å². The van der Waals surface area contributed by atoms with Crippen LogP contribution >= 0.6 is 0 Å². The number of benzene rings is 1. The molecule has 0 amide bonds. The number of aromatic hydroxyl groups is 1. The van der Waals surface area contributed by atoms with E-state index in [0.717, 1.165) is 11.1 Å². The normalized spacial score (nSPS) is 13.2. The number of phenolic OH excluding ortho intramolecular Hbond substituents is 1. The number of aryl methyl sites for hydroxylation is 2. The molecule has 0 bridgehead atoms. The van der Waals surface area contributed by atoms with E-state index < -0.39 is 0 Å². The summed E-state index contributed by atoms with van der Waals surface area (Å²) in [6, 6.07) is 3.68. The van der Waals surface area contributed by atoms with Crippen LogP contribution in [0.3, 0.4) is 0 Å². The molecule has 3 nitrogen and oxygen atoms in total. The van der Waals surface area contributed by atoms with Crippen LogP contribution in [0.15, 0.2) is 47.9 Å². The Morgan fingerprint density at radius 3 is 2.41 bits per heavy atom. The van der Waals surface area contributed by atoms with Crippen molar-refractivity contribution < 1.29 is 10.2 Å². The molecular weight excluding hydrogens is 214 g/mol. The van der Waals surface area contributed by atoms with E-state index in [2.05, 4.69) is 5.32 Å². The second-order valence-corrected chi connectivity index (χ2v) is 4.13. The summed E-state index contributed by atoms with van der Waals surface area (Å²) < 4.78 is 0. The average Bonchev–Trinajstić information content (AvgIpc) is 2.78. The standard InChI is InChI=1S/C14H15NO2/c1-9-7-10(2)13(16)12(8-9)15-14(17)11-5-3-4-6-11/h3-8,15-17H,1-2H3. The summed E-state index contributed by atoms with van der Waals surface area (Å²) in [6.07, 6.45) is 7.27. The van der Waals surface area contributed by atoms with E-state index in [-0.39, 0.29) is 11.6 Å². The second kappa shape index (κ2) is 4.37. The van der Waals surface area contributed by atoms with E-state index in [1.807, 2.05) is 32.1 Å². The Kier molecular flexibility index (Phi) is 2.91. The molecule has 0 radical (unpaired) electrons. The molecule has 0 aliphatic heterocycles. The minimum absolute atomic E-state index is 0.0373. The van der Waals surface area contributed by atoms with E-state index in [4.69, 9.17) is 0 Å². The summed E-state index contributed by atoms with van der Waals surface area (Å²) in [5.74, 6) is 0.198. The maximum atomic E-state index is 9.88. The SMILES string of the molecule is Cc1cc(C)c(O)c(NC(O)=C2C=CC=C2)c1. The molecule has 0 fully saturated rings. The highest BCUT2D eigenvalue weighted by atomic mass is 16.3. The monoisotopic (exact) mass is 229 g/mol. The molecule has 1 aliphatic rings. The van der Waals surface area contributed by atoms with Crippen molar-refractivity contribution in [1.29, 1.82) is 0 Å². The highest BCUT2D eigenvalue weighted by Gasteiger charge is 2.08. The lowest BCUT2D eigenvalue weighted by Gasteiger charge is -2.11. The molecule has 0 unspecified atom stereocenters. The van der Waals surface area contributed by atoms with Gasteiger partial charge in [-0.1, -0.05) is 18.2 Å². The summed E-state index contributed by atoms with van der Waals surface area (Å²) in [5.41, 5.74) is 3.02. The molecule has 0 spiro atoms. The van der Waals surface area contributed by atoms with E-state index >= 15 is 0 Å². The van der Waals surface area contributed by atoms with Gasteiger partial charge in [-0.2, -0.15) is 0 Å². The summed E-state index contributed by atoms with van der Waals surface area (Å²) in [7, 11) is 0. The Morgan fingerprint density at radius 1 is 1.12 bits per heavy atom. The number of rotatable bonds is 2. The van der Waals surface area contributed by atoms with Crippen molar-refractivity contribution in [2.75, 3.05) is 5.32 Å². The zero-order valence-electron chi connectivity index (χ0n) is 9.86. The topological polar surface area (TPSA) is 52.5 Å². The van der Waals surface area contributed by atoms with Crippen molar-refractivity contribution in [3.8, 4) is 5.75 Å². The fraction of sp³-hybridized carbons (Fsp3) is 0.143. The number of hydrogen-bond donors (Lipinski definition) is 3. The van der Waals surface area contributed by atoms with E-state index in [9.17, 15) is 10.2 Å². The third-order valence-corrected chi connectivity index (χ3v) is 2.63. The van der Waals surface area contributed by atoms with Crippen molar-refractivity contribution in [3.63, 3.8) is 0 Å². The van der Waals surface area contributed by atoms with E-state index in [1.165, 1.54) is 0 Å². The number of hydrogen-bond acceptors (Lipinski definition) is 3. The van der Waals surface area contributed by atoms with Gasteiger partial charge in [0, 0.05) is 5.57 Å². The first-order chi connectivity index (χ1) is 8.08. The summed E-state index contributed by atoms with van der Waals surface area (Å²) in [6.45, 7) is 3.77. The highest BCUT2D eigenvalue weighted by Crippen LogP contribution is 2.30. The summed E-state index contributed by atoms with van der Waals surface area (Å²) in [4.78, 5) is 0. The first-order valence-electron chi connectivity index (χ1n) is 5.43. The van der Waals surface area contributed by atoms with Crippen LogP contribution in [-0.4, -0.2) is 10.2 Å². The lowest BCUT2D eigenvalue weighted by atomic mass is 10.1. The lowest BCUT2D eigenvalue weighted by molar-refractivity contribution is 0.413.